The molecule has 0 saturated heterocycles. The topological polar surface area (TPSA) is 64.9 Å². The molecule has 4 N–H and O–H groups in total. The number of nitrogens with zero attached hydrogens (tertiary/aromatic N) is 1. The molecule has 1 aromatic heterocycles. The van der Waals surface area contributed by atoms with Crippen molar-refractivity contribution in [2.75, 3.05) is 11.5 Å². The van der Waals surface area contributed by atoms with Crippen LogP contribution in [0, 0.1) is 13.8 Å². The summed E-state index contributed by atoms with van der Waals surface area (Å²) >= 11 is 1.47. The normalized spacial score (nSPS) is 9.20. The predicted octanol–water partition coefficient (Wildman–Crippen LogP) is 2.61. The molecule has 80 valence electrons. The molecule has 0 aliphatic heterocycles. The number of nitrogen functional groups attached to an aromatic ring is 2. The number of thiazole rings is 1. The standard InChI is InChI=1S/C7H9N.C4H6N2S/c1-6-3-2-4-7(8)5-6;1-3-2-7-4(5)6-3/h2-5H,8H2,1H3;2H,1H3,(H2,5,6). The Labute approximate surface area is 93.8 Å². The fourth-order valence-corrected chi connectivity index (χ4v) is 1.58. The second-order valence-electron chi connectivity index (χ2n) is 3.24. The van der Waals surface area contributed by atoms with Gasteiger partial charge in [0.25, 0.3) is 0 Å². The van der Waals surface area contributed by atoms with E-state index in [0.29, 0.717) is 5.13 Å². The zero-order valence-electron chi connectivity index (χ0n) is 8.90. The van der Waals surface area contributed by atoms with Crippen molar-refractivity contribution in [3.8, 4) is 0 Å². The van der Waals surface area contributed by atoms with Crippen LogP contribution in [0.4, 0.5) is 10.8 Å². The van der Waals surface area contributed by atoms with Crippen LogP contribution in [-0.2, 0) is 0 Å². The number of anilines is 2. The minimum atomic E-state index is 0.650. The third-order valence-electron chi connectivity index (χ3n) is 1.68. The zero-order valence-corrected chi connectivity index (χ0v) is 9.71. The maximum Gasteiger partial charge on any atom is 0.180 e. The Bertz CT molecular complexity index is 390. The van der Waals surface area contributed by atoms with Gasteiger partial charge < -0.3 is 11.5 Å². The molecule has 0 atom stereocenters. The lowest BCUT2D eigenvalue weighted by Gasteiger charge is -1.91. The number of hydrogen-bond donors (Lipinski definition) is 2. The molecule has 0 amide bonds. The van der Waals surface area contributed by atoms with Gasteiger partial charge in [-0.3, -0.25) is 0 Å². The van der Waals surface area contributed by atoms with E-state index in [2.05, 4.69) is 4.98 Å². The molecule has 1 heterocycles. The molecule has 15 heavy (non-hydrogen) atoms. The summed E-state index contributed by atoms with van der Waals surface area (Å²) in [6, 6.07) is 7.80. The summed E-state index contributed by atoms with van der Waals surface area (Å²) in [5.41, 5.74) is 13.8. The summed E-state index contributed by atoms with van der Waals surface area (Å²) < 4.78 is 0. The van der Waals surface area contributed by atoms with Gasteiger partial charge in [0.2, 0.25) is 0 Å². The Kier molecular flexibility index (Phi) is 4.12. The number of hydrogen-bond acceptors (Lipinski definition) is 4. The highest BCUT2D eigenvalue weighted by Crippen LogP contribution is 2.08. The number of aryl methyl sites for hydroxylation is 2. The van der Waals surface area contributed by atoms with Crippen LogP contribution >= 0.6 is 11.3 Å². The molecule has 3 nitrogen and oxygen atoms in total. The van der Waals surface area contributed by atoms with Crippen LogP contribution in [0.25, 0.3) is 0 Å². The first-order chi connectivity index (χ1) is 7.08. The number of nitrogens with two attached hydrogens (primary N) is 2. The van der Waals surface area contributed by atoms with Crippen LogP contribution < -0.4 is 11.5 Å². The van der Waals surface area contributed by atoms with Crippen LogP contribution in [0.3, 0.4) is 0 Å². The van der Waals surface area contributed by atoms with Crippen molar-refractivity contribution < 1.29 is 0 Å². The monoisotopic (exact) mass is 221 g/mol. The molecule has 0 fully saturated rings. The van der Waals surface area contributed by atoms with Crippen molar-refractivity contribution >= 4 is 22.2 Å². The van der Waals surface area contributed by atoms with E-state index in [1.165, 1.54) is 16.9 Å². The van der Waals surface area contributed by atoms with Crippen molar-refractivity contribution in [2.45, 2.75) is 13.8 Å². The van der Waals surface area contributed by atoms with Gasteiger partial charge in [0.05, 0.1) is 5.69 Å². The highest BCUT2D eigenvalue weighted by Gasteiger charge is 1.86. The van der Waals surface area contributed by atoms with Crippen molar-refractivity contribution in [1.29, 1.82) is 0 Å². The third-order valence-corrected chi connectivity index (χ3v) is 2.47. The Morgan fingerprint density at radius 2 is 1.93 bits per heavy atom. The Hall–Kier alpha value is -1.55. The SMILES string of the molecule is Cc1cccc(N)c1.Cc1csc(N)n1. The third kappa shape index (κ3) is 4.46. The minimum Gasteiger partial charge on any atom is -0.399 e. The zero-order chi connectivity index (χ0) is 11.3. The first-order valence-corrected chi connectivity index (χ1v) is 5.45. The fourth-order valence-electron chi connectivity index (χ4n) is 1.04. The predicted molar refractivity (Wildman–Crippen MR) is 66.9 cm³/mol. The van der Waals surface area contributed by atoms with Crippen LogP contribution in [0.1, 0.15) is 11.3 Å². The van der Waals surface area contributed by atoms with E-state index in [1.54, 1.807) is 0 Å². The largest absolute Gasteiger partial charge is 0.399 e. The molecule has 0 aliphatic carbocycles. The lowest BCUT2D eigenvalue weighted by molar-refractivity contribution is 1.27. The van der Waals surface area contributed by atoms with Gasteiger partial charge in [0.15, 0.2) is 5.13 Å². The van der Waals surface area contributed by atoms with E-state index in [1.807, 2.05) is 43.5 Å². The molecule has 0 aliphatic rings. The summed E-state index contributed by atoms with van der Waals surface area (Å²) in [7, 11) is 0. The molecule has 2 aromatic rings. The van der Waals surface area contributed by atoms with Gasteiger partial charge in [-0.15, -0.1) is 11.3 Å². The van der Waals surface area contributed by atoms with E-state index >= 15 is 0 Å². The molecule has 0 saturated carbocycles. The molecule has 1 aromatic carbocycles. The van der Waals surface area contributed by atoms with E-state index in [-0.39, 0.29) is 0 Å². The van der Waals surface area contributed by atoms with Gasteiger partial charge >= 0.3 is 0 Å². The van der Waals surface area contributed by atoms with Crippen LogP contribution in [0.15, 0.2) is 29.6 Å². The van der Waals surface area contributed by atoms with E-state index in [0.717, 1.165) is 11.4 Å². The molecular weight excluding hydrogens is 206 g/mol. The van der Waals surface area contributed by atoms with Crippen LogP contribution in [-0.4, -0.2) is 4.98 Å². The average molecular weight is 221 g/mol. The number of rotatable bonds is 0. The summed E-state index contributed by atoms with van der Waals surface area (Å²) in [6.07, 6.45) is 0. The van der Waals surface area contributed by atoms with E-state index in [9.17, 15) is 0 Å². The van der Waals surface area contributed by atoms with Gasteiger partial charge in [0.1, 0.15) is 0 Å². The van der Waals surface area contributed by atoms with E-state index in [4.69, 9.17) is 11.5 Å². The van der Waals surface area contributed by atoms with Crippen molar-refractivity contribution in [3.63, 3.8) is 0 Å². The van der Waals surface area contributed by atoms with Crippen molar-refractivity contribution in [2.24, 2.45) is 0 Å². The molecule has 0 bridgehead atoms. The molecule has 2 rings (SSSR count). The lowest BCUT2D eigenvalue weighted by atomic mass is 10.2. The molecule has 0 spiro atoms. The van der Waals surface area contributed by atoms with Gasteiger partial charge in [-0.25, -0.2) is 4.98 Å². The van der Waals surface area contributed by atoms with Crippen molar-refractivity contribution in [1.82, 2.24) is 4.98 Å². The maximum atomic E-state index is 5.46. The Morgan fingerprint density at radius 1 is 1.20 bits per heavy atom. The maximum absolute atomic E-state index is 5.46. The van der Waals surface area contributed by atoms with E-state index < -0.39 is 0 Å². The second kappa shape index (κ2) is 5.36. The van der Waals surface area contributed by atoms with Gasteiger partial charge in [-0.2, -0.15) is 0 Å². The summed E-state index contributed by atoms with van der Waals surface area (Å²) in [5.74, 6) is 0. The van der Waals surface area contributed by atoms with Gasteiger partial charge in [-0.05, 0) is 31.5 Å². The lowest BCUT2D eigenvalue weighted by Crippen LogP contribution is -1.82. The highest BCUT2D eigenvalue weighted by atomic mass is 32.1. The molecule has 0 unspecified atom stereocenters. The number of aromatic nitrogens is 1. The molecular formula is C11H15N3S. The molecule has 4 heteroatoms. The Morgan fingerprint density at radius 3 is 2.20 bits per heavy atom. The Balaban J connectivity index is 0.000000151. The smallest absolute Gasteiger partial charge is 0.180 e. The first kappa shape index (κ1) is 11.5. The second-order valence-corrected chi connectivity index (χ2v) is 4.13. The summed E-state index contributed by atoms with van der Waals surface area (Å²) in [5, 5.41) is 2.58. The number of benzene rings is 1. The fraction of sp³-hybridized carbons (Fsp3) is 0.182. The van der Waals surface area contributed by atoms with Crippen LogP contribution in [0.5, 0.6) is 0 Å². The first-order valence-electron chi connectivity index (χ1n) is 4.57. The highest BCUT2D eigenvalue weighted by molar-refractivity contribution is 7.13. The average Bonchev–Trinajstić information content (AvgIpc) is 2.50. The quantitative estimate of drug-likeness (QED) is 0.672. The minimum absolute atomic E-state index is 0.650. The van der Waals surface area contributed by atoms with Crippen molar-refractivity contribution in [3.05, 3.63) is 40.9 Å². The molecule has 0 radical (unpaired) electrons. The van der Waals surface area contributed by atoms with Crippen LogP contribution in [0.2, 0.25) is 0 Å². The summed E-state index contributed by atoms with van der Waals surface area (Å²) in [4.78, 5) is 3.91. The van der Waals surface area contributed by atoms with Gasteiger partial charge in [0, 0.05) is 11.1 Å². The summed E-state index contributed by atoms with van der Waals surface area (Å²) in [6.45, 7) is 3.95. The van der Waals surface area contributed by atoms with Gasteiger partial charge in [-0.1, -0.05) is 12.1 Å².